The monoisotopic (exact) mass is 230 g/mol. The Balaban J connectivity index is 3.07. The van der Waals surface area contributed by atoms with Crippen molar-refractivity contribution in [2.45, 2.75) is 6.04 Å². The number of benzene rings is 1. The third-order valence-electron chi connectivity index (χ3n) is 1.67. The van der Waals surface area contributed by atoms with Gasteiger partial charge < -0.3 is 16.6 Å². The van der Waals surface area contributed by atoms with Crippen molar-refractivity contribution in [1.29, 1.82) is 0 Å². The van der Waals surface area contributed by atoms with E-state index >= 15 is 0 Å². The van der Waals surface area contributed by atoms with Gasteiger partial charge in [-0.3, -0.25) is 0 Å². The molecule has 4 heteroatoms. The number of rotatable bonds is 2. The van der Waals surface area contributed by atoms with Gasteiger partial charge >= 0.3 is 0 Å². The second kappa shape index (κ2) is 3.89. The molecule has 3 nitrogen and oxygen atoms in total. The van der Waals surface area contributed by atoms with Gasteiger partial charge in [0.05, 0.1) is 4.47 Å². The van der Waals surface area contributed by atoms with E-state index in [4.69, 9.17) is 11.5 Å². The minimum atomic E-state index is -0.303. The molecule has 12 heavy (non-hydrogen) atoms. The third kappa shape index (κ3) is 1.77. The summed E-state index contributed by atoms with van der Waals surface area (Å²) in [4.78, 5) is 0. The van der Waals surface area contributed by atoms with Crippen LogP contribution in [0.5, 0.6) is 5.75 Å². The fourth-order valence-electron chi connectivity index (χ4n) is 0.958. The maximum atomic E-state index is 9.52. The summed E-state index contributed by atoms with van der Waals surface area (Å²) >= 11 is 3.20. The third-order valence-corrected chi connectivity index (χ3v) is 2.31. The van der Waals surface area contributed by atoms with Crippen molar-refractivity contribution in [3.05, 3.63) is 28.2 Å². The Morgan fingerprint density at radius 1 is 1.50 bits per heavy atom. The number of phenols is 1. The SMILES string of the molecule is NCC(N)c1cccc(Br)c1O. The van der Waals surface area contributed by atoms with Crippen LogP contribution in [0, 0.1) is 0 Å². The number of phenolic OH excluding ortho intramolecular Hbond substituents is 1. The van der Waals surface area contributed by atoms with Crippen LogP contribution in [0.25, 0.3) is 0 Å². The van der Waals surface area contributed by atoms with E-state index in [0.29, 0.717) is 16.6 Å². The second-order valence-electron chi connectivity index (χ2n) is 2.52. The van der Waals surface area contributed by atoms with E-state index < -0.39 is 0 Å². The molecule has 5 N–H and O–H groups in total. The summed E-state index contributed by atoms with van der Waals surface area (Å²) in [5.41, 5.74) is 11.7. The standard InChI is InChI=1S/C8H11BrN2O/c9-6-3-1-2-5(8(6)12)7(11)4-10/h1-3,7,12H,4,10-11H2. The Hall–Kier alpha value is -0.580. The van der Waals surface area contributed by atoms with Gasteiger partial charge in [0.25, 0.3) is 0 Å². The first kappa shape index (κ1) is 9.51. The minimum absolute atomic E-state index is 0.176. The molecule has 1 unspecified atom stereocenters. The van der Waals surface area contributed by atoms with E-state index in [-0.39, 0.29) is 11.8 Å². The quantitative estimate of drug-likeness (QED) is 0.713. The summed E-state index contributed by atoms with van der Waals surface area (Å²) in [6, 6.07) is 5.02. The Morgan fingerprint density at radius 2 is 2.17 bits per heavy atom. The molecular weight excluding hydrogens is 220 g/mol. The molecule has 0 bridgehead atoms. The molecule has 0 aromatic heterocycles. The molecule has 0 aliphatic rings. The highest BCUT2D eigenvalue weighted by Crippen LogP contribution is 2.30. The van der Waals surface area contributed by atoms with Gasteiger partial charge in [-0.05, 0) is 22.0 Å². The Kier molecular flexibility index (Phi) is 3.08. The zero-order chi connectivity index (χ0) is 9.14. The Bertz CT molecular complexity index is 278. The molecule has 0 spiro atoms. The molecule has 0 heterocycles. The van der Waals surface area contributed by atoms with Crippen LogP contribution >= 0.6 is 15.9 Å². The number of hydrogen-bond acceptors (Lipinski definition) is 3. The number of para-hydroxylation sites is 1. The molecule has 0 radical (unpaired) electrons. The van der Waals surface area contributed by atoms with Gasteiger partial charge in [-0.2, -0.15) is 0 Å². The van der Waals surface area contributed by atoms with E-state index in [0.717, 1.165) is 0 Å². The van der Waals surface area contributed by atoms with Crippen molar-refractivity contribution in [2.75, 3.05) is 6.54 Å². The second-order valence-corrected chi connectivity index (χ2v) is 3.37. The molecule has 0 amide bonds. The summed E-state index contributed by atoms with van der Waals surface area (Å²) < 4.78 is 0.643. The highest BCUT2D eigenvalue weighted by molar-refractivity contribution is 9.10. The van der Waals surface area contributed by atoms with Crippen LogP contribution in [-0.2, 0) is 0 Å². The predicted octanol–water partition coefficient (Wildman–Crippen LogP) is 1.11. The largest absolute Gasteiger partial charge is 0.506 e. The lowest BCUT2D eigenvalue weighted by Gasteiger charge is -2.11. The van der Waals surface area contributed by atoms with Crippen molar-refractivity contribution in [3.8, 4) is 5.75 Å². The minimum Gasteiger partial charge on any atom is -0.506 e. The van der Waals surface area contributed by atoms with Crippen molar-refractivity contribution in [2.24, 2.45) is 11.5 Å². The molecule has 1 atom stereocenters. The molecule has 0 saturated carbocycles. The lowest BCUT2D eigenvalue weighted by atomic mass is 10.1. The van der Waals surface area contributed by atoms with E-state index in [1.807, 2.05) is 6.07 Å². The van der Waals surface area contributed by atoms with E-state index in [2.05, 4.69) is 15.9 Å². The number of hydrogen-bond donors (Lipinski definition) is 3. The van der Waals surface area contributed by atoms with Crippen LogP contribution in [0.1, 0.15) is 11.6 Å². The Morgan fingerprint density at radius 3 is 2.75 bits per heavy atom. The number of nitrogens with two attached hydrogens (primary N) is 2. The summed E-state index contributed by atoms with van der Waals surface area (Å²) in [7, 11) is 0. The first-order valence-electron chi connectivity index (χ1n) is 3.60. The first-order chi connectivity index (χ1) is 5.66. The smallest absolute Gasteiger partial charge is 0.134 e. The maximum Gasteiger partial charge on any atom is 0.134 e. The van der Waals surface area contributed by atoms with Crippen molar-refractivity contribution in [1.82, 2.24) is 0 Å². The fraction of sp³-hybridized carbons (Fsp3) is 0.250. The first-order valence-corrected chi connectivity index (χ1v) is 4.39. The van der Waals surface area contributed by atoms with Gasteiger partial charge in [-0.25, -0.2) is 0 Å². The molecule has 1 aromatic carbocycles. The van der Waals surface area contributed by atoms with Crippen molar-refractivity contribution >= 4 is 15.9 Å². The van der Waals surface area contributed by atoms with Crippen LogP contribution in [0.3, 0.4) is 0 Å². The normalized spacial score (nSPS) is 12.9. The topological polar surface area (TPSA) is 72.3 Å². The number of halogens is 1. The molecule has 66 valence electrons. The van der Waals surface area contributed by atoms with Gasteiger partial charge in [0.2, 0.25) is 0 Å². The van der Waals surface area contributed by atoms with E-state index in [1.54, 1.807) is 12.1 Å². The summed E-state index contributed by atoms with van der Waals surface area (Å²) in [6.07, 6.45) is 0. The highest BCUT2D eigenvalue weighted by atomic mass is 79.9. The average Bonchev–Trinajstić information content (AvgIpc) is 2.08. The molecule has 0 saturated heterocycles. The maximum absolute atomic E-state index is 9.52. The van der Waals surface area contributed by atoms with E-state index in [9.17, 15) is 5.11 Å². The average molecular weight is 231 g/mol. The Labute approximate surface area is 79.5 Å². The van der Waals surface area contributed by atoms with Crippen molar-refractivity contribution < 1.29 is 5.11 Å². The highest BCUT2D eigenvalue weighted by Gasteiger charge is 2.10. The molecule has 0 fully saturated rings. The van der Waals surface area contributed by atoms with Gasteiger partial charge in [0.15, 0.2) is 0 Å². The molecular formula is C8H11BrN2O. The fourth-order valence-corrected chi connectivity index (χ4v) is 1.34. The predicted molar refractivity (Wildman–Crippen MR) is 51.8 cm³/mol. The van der Waals surface area contributed by atoms with E-state index in [1.165, 1.54) is 0 Å². The van der Waals surface area contributed by atoms with Crippen LogP contribution in [-0.4, -0.2) is 11.7 Å². The van der Waals surface area contributed by atoms with Gasteiger partial charge in [-0.15, -0.1) is 0 Å². The molecule has 0 aliphatic heterocycles. The summed E-state index contributed by atoms with van der Waals surface area (Å²) in [5.74, 6) is 0.176. The zero-order valence-electron chi connectivity index (χ0n) is 6.50. The summed E-state index contributed by atoms with van der Waals surface area (Å²) in [6.45, 7) is 0.323. The molecule has 1 aromatic rings. The lowest BCUT2D eigenvalue weighted by Crippen LogP contribution is -2.20. The van der Waals surface area contributed by atoms with Crippen LogP contribution in [0.4, 0.5) is 0 Å². The number of aromatic hydroxyl groups is 1. The summed E-state index contributed by atoms with van der Waals surface area (Å²) in [5, 5.41) is 9.52. The molecule has 0 aliphatic carbocycles. The van der Waals surface area contributed by atoms with Crippen LogP contribution in [0.2, 0.25) is 0 Å². The lowest BCUT2D eigenvalue weighted by molar-refractivity contribution is 0.458. The van der Waals surface area contributed by atoms with Crippen LogP contribution < -0.4 is 11.5 Å². The van der Waals surface area contributed by atoms with Gasteiger partial charge in [-0.1, -0.05) is 12.1 Å². The zero-order valence-corrected chi connectivity index (χ0v) is 8.08. The molecule has 1 rings (SSSR count). The van der Waals surface area contributed by atoms with Crippen LogP contribution in [0.15, 0.2) is 22.7 Å². The van der Waals surface area contributed by atoms with Crippen molar-refractivity contribution in [3.63, 3.8) is 0 Å². The van der Waals surface area contributed by atoms with Gasteiger partial charge in [0.1, 0.15) is 5.75 Å². The van der Waals surface area contributed by atoms with Gasteiger partial charge in [0, 0.05) is 18.2 Å².